The van der Waals surface area contributed by atoms with Crippen LogP contribution in [0.25, 0.3) is 22.0 Å². The molecule has 0 aliphatic heterocycles. The van der Waals surface area contributed by atoms with Gasteiger partial charge in [0.2, 0.25) is 0 Å². The fourth-order valence-electron chi connectivity index (χ4n) is 2.38. The predicted molar refractivity (Wildman–Crippen MR) is 82.9 cm³/mol. The van der Waals surface area contributed by atoms with E-state index in [1.54, 1.807) is 0 Å². The second-order valence-corrected chi connectivity index (χ2v) is 4.89. The highest BCUT2D eigenvalue weighted by atomic mass is 14.7. The first-order chi connectivity index (χ1) is 9.25. The number of allylic oxidation sites excluding steroid dienone is 2. The van der Waals surface area contributed by atoms with Crippen molar-refractivity contribution in [2.75, 3.05) is 0 Å². The molecule has 0 bridgehead atoms. The number of H-pyrrole nitrogens is 1. The van der Waals surface area contributed by atoms with Gasteiger partial charge in [0, 0.05) is 11.2 Å². The first-order valence-electron chi connectivity index (χ1n) is 6.57. The smallest absolute Gasteiger partial charge is 0.0458 e. The zero-order valence-corrected chi connectivity index (χ0v) is 11.3. The van der Waals surface area contributed by atoms with Gasteiger partial charge in [-0.15, -0.1) is 0 Å². The SMILES string of the molecule is C/C(=C(/C)c1cc2ccccc2[nH]1)c1ccccc1. The van der Waals surface area contributed by atoms with Crippen molar-refractivity contribution in [3.8, 4) is 0 Å². The normalized spacial score (nSPS) is 12.5. The lowest BCUT2D eigenvalue weighted by molar-refractivity contribution is 1.38. The zero-order chi connectivity index (χ0) is 13.2. The minimum absolute atomic E-state index is 1.19. The quantitative estimate of drug-likeness (QED) is 0.647. The van der Waals surface area contributed by atoms with Gasteiger partial charge < -0.3 is 4.98 Å². The molecule has 0 saturated heterocycles. The van der Waals surface area contributed by atoms with Gasteiger partial charge in [0.15, 0.2) is 0 Å². The van der Waals surface area contributed by atoms with Crippen LogP contribution in [0.5, 0.6) is 0 Å². The summed E-state index contributed by atoms with van der Waals surface area (Å²) in [7, 11) is 0. The molecule has 1 nitrogen and oxygen atoms in total. The van der Waals surface area contributed by atoms with Crippen LogP contribution in [0.4, 0.5) is 0 Å². The van der Waals surface area contributed by atoms with Crippen LogP contribution < -0.4 is 0 Å². The van der Waals surface area contributed by atoms with Gasteiger partial charge in [0.1, 0.15) is 0 Å². The molecule has 1 heterocycles. The van der Waals surface area contributed by atoms with Crippen LogP contribution in [0.3, 0.4) is 0 Å². The van der Waals surface area contributed by atoms with Crippen molar-refractivity contribution in [3.05, 3.63) is 71.9 Å². The van der Waals surface area contributed by atoms with Gasteiger partial charge in [-0.3, -0.25) is 0 Å². The number of para-hydroxylation sites is 1. The lowest BCUT2D eigenvalue weighted by Gasteiger charge is -2.06. The van der Waals surface area contributed by atoms with E-state index in [9.17, 15) is 0 Å². The maximum Gasteiger partial charge on any atom is 0.0458 e. The molecule has 19 heavy (non-hydrogen) atoms. The van der Waals surface area contributed by atoms with Gasteiger partial charge in [-0.2, -0.15) is 0 Å². The van der Waals surface area contributed by atoms with Crippen molar-refractivity contribution in [1.29, 1.82) is 0 Å². The van der Waals surface area contributed by atoms with Crippen LogP contribution in [0.15, 0.2) is 60.7 Å². The summed E-state index contributed by atoms with van der Waals surface area (Å²) in [4.78, 5) is 3.49. The Morgan fingerprint density at radius 2 is 1.47 bits per heavy atom. The summed E-state index contributed by atoms with van der Waals surface area (Å²) in [6.45, 7) is 4.35. The van der Waals surface area contributed by atoms with E-state index >= 15 is 0 Å². The highest BCUT2D eigenvalue weighted by molar-refractivity contribution is 5.92. The molecular formula is C18H17N. The van der Waals surface area contributed by atoms with Gasteiger partial charge in [0.05, 0.1) is 0 Å². The molecule has 2 aromatic carbocycles. The number of aromatic nitrogens is 1. The average Bonchev–Trinajstić information content (AvgIpc) is 2.90. The molecule has 0 spiro atoms. The molecule has 0 aliphatic carbocycles. The number of rotatable bonds is 2. The summed E-state index contributed by atoms with van der Waals surface area (Å²) in [5.74, 6) is 0. The van der Waals surface area contributed by atoms with Gasteiger partial charge >= 0.3 is 0 Å². The number of hydrogen-bond acceptors (Lipinski definition) is 0. The summed E-state index contributed by atoms with van der Waals surface area (Å²) >= 11 is 0. The van der Waals surface area contributed by atoms with Crippen LogP contribution >= 0.6 is 0 Å². The molecule has 3 rings (SSSR count). The lowest BCUT2D eigenvalue weighted by Crippen LogP contribution is -1.85. The third-order valence-corrected chi connectivity index (χ3v) is 3.70. The second kappa shape index (κ2) is 4.77. The third-order valence-electron chi connectivity index (χ3n) is 3.70. The van der Waals surface area contributed by atoms with Gasteiger partial charge in [-0.05, 0) is 48.1 Å². The Labute approximate surface area is 113 Å². The van der Waals surface area contributed by atoms with Crippen LogP contribution in [0.1, 0.15) is 25.1 Å². The second-order valence-electron chi connectivity index (χ2n) is 4.89. The van der Waals surface area contributed by atoms with Gasteiger partial charge in [0.25, 0.3) is 0 Å². The van der Waals surface area contributed by atoms with E-state index in [4.69, 9.17) is 0 Å². The highest BCUT2D eigenvalue weighted by Crippen LogP contribution is 2.27. The fraction of sp³-hybridized carbons (Fsp3) is 0.111. The van der Waals surface area contributed by atoms with Crippen LogP contribution in [0.2, 0.25) is 0 Å². The Kier molecular flexibility index (Phi) is 2.96. The van der Waals surface area contributed by atoms with E-state index in [-0.39, 0.29) is 0 Å². The van der Waals surface area contributed by atoms with E-state index in [1.165, 1.54) is 33.3 Å². The van der Waals surface area contributed by atoms with Gasteiger partial charge in [-0.25, -0.2) is 0 Å². The van der Waals surface area contributed by atoms with E-state index in [2.05, 4.69) is 79.5 Å². The molecule has 3 aromatic rings. The molecule has 1 aromatic heterocycles. The molecule has 0 fully saturated rings. The van der Waals surface area contributed by atoms with Crippen molar-refractivity contribution in [3.63, 3.8) is 0 Å². The Morgan fingerprint density at radius 3 is 2.21 bits per heavy atom. The van der Waals surface area contributed by atoms with Crippen molar-refractivity contribution in [1.82, 2.24) is 4.98 Å². The molecular weight excluding hydrogens is 230 g/mol. The monoisotopic (exact) mass is 247 g/mol. The Morgan fingerprint density at radius 1 is 0.789 bits per heavy atom. The van der Waals surface area contributed by atoms with Crippen LogP contribution in [0, 0.1) is 0 Å². The highest BCUT2D eigenvalue weighted by Gasteiger charge is 2.06. The Bertz CT molecular complexity index is 699. The van der Waals surface area contributed by atoms with Crippen molar-refractivity contribution in [2.24, 2.45) is 0 Å². The first-order valence-corrected chi connectivity index (χ1v) is 6.57. The number of nitrogens with one attached hydrogen (secondary N) is 1. The molecule has 0 aliphatic rings. The summed E-state index contributed by atoms with van der Waals surface area (Å²) < 4.78 is 0. The third kappa shape index (κ3) is 2.19. The minimum Gasteiger partial charge on any atom is -0.355 e. The standard InChI is InChI=1S/C18H17N/c1-13(15-8-4-3-5-9-15)14(2)18-12-16-10-6-7-11-17(16)19-18/h3-12,19H,1-2H3/b14-13+. The maximum absolute atomic E-state index is 3.49. The van der Waals surface area contributed by atoms with Gasteiger partial charge in [-0.1, -0.05) is 48.5 Å². The average molecular weight is 247 g/mol. The van der Waals surface area contributed by atoms with Crippen molar-refractivity contribution < 1.29 is 0 Å². The molecule has 0 radical (unpaired) electrons. The van der Waals surface area contributed by atoms with E-state index in [0.717, 1.165) is 0 Å². The first kappa shape index (κ1) is 11.8. The lowest BCUT2D eigenvalue weighted by atomic mass is 10.0. The molecule has 1 heteroatoms. The van der Waals surface area contributed by atoms with Crippen molar-refractivity contribution >= 4 is 22.0 Å². The van der Waals surface area contributed by atoms with Crippen LogP contribution in [-0.4, -0.2) is 4.98 Å². The summed E-state index contributed by atoms with van der Waals surface area (Å²) in [5.41, 5.74) is 6.27. The van der Waals surface area contributed by atoms with E-state index < -0.39 is 0 Å². The summed E-state index contributed by atoms with van der Waals surface area (Å²) in [6.07, 6.45) is 0. The van der Waals surface area contributed by atoms with Crippen molar-refractivity contribution in [2.45, 2.75) is 13.8 Å². The number of hydrogen-bond donors (Lipinski definition) is 1. The predicted octanol–water partition coefficient (Wildman–Crippen LogP) is 5.12. The Hall–Kier alpha value is -2.28. The van der Waals surface area contributed by atoms with E-state index in [1.807, 2.05) is 0 Å². The largest absolute Gasteiger partial charge is 0.355 e. The minimum atomic E-state index is 1.19. The van der Waals surface area contributed by atoms with Crippen LogP contribution in [-0.2, 0) is 0 Å². The number of fused-ring (bicyclic) bond motifs is 1. The van der Waals surface area contributed by atoms with E-state index in [0.29, 0.717) is 0 Å². The molecule has 94 valence electrons. The molecule has 1 N–H and O–H groups in total. The number of benzene rings is 2. The molecule has 0 atom stereocenters. The summed E-state index contributed by atoms with van der Waals surface area (Å²) in [5, 5.41) is 1.26. The Balaban J connectivity index is 2.10. The zero-order valence-electron chi connectivity index (χ0n) is 11.3. The summed E-state index contributed by atoms with van der Waals surface area (Å²) in [6, 6.07) is 21.1. The molecule has 0 unspecified atom stereocenters. The maximum atomic E-state index is 3.49. The molecule has 0 saturated carbocycles. The number of aromatic amines is 1. The molecule has 0 amide bonds. The topological polar surface area (TPSA) is 15.8 Å². The fourth-order valence-corrected chi connectivity index (χ4v) is 2.38.